The number of amides is 2. The zero-order valence-corrected chi connectivity index (χ0v) is 20.5. The number of hydrogen-bond donors (Lipinski definition) is 2. The molecule has 2 amide bonds. The van der Waals surface area contributed by atoms with Gasteiger partial charge in [0.25, 0.3) is 0 Å². The van der Waals surface area contributed by atoms with E-state index in [1.807, 2.05) is 36.1 Å². The molecular formula is C28H33F2N3O3. The maximum Gasteiger partial charge on any atom is 0.320 e. The number of piperidine rings is 2. The summed E-state index contributed by atoms with van der Waals surface area (Å²) < 4.78 is 28.0. The van der Waals surface area contributed by atoms with Crippen LogP contribution >= 0.6 is 0 Å². The molecule has 0 radical (unpaired) electrons. The largest absolute Gasteiger partial charge is 0.393 e. The number of aliphatic hydroxyl groups excluding tert-OH is 2. The molecule has 0 saturated carbocycles. The van der Waals surface area contributed by atoms with Crippen LogP contribution in [-0.4, -0.2) is 64.0 Å². The van der Waals surface area contributed by atoms with Crippen molar-refractivity contribution in [2.45, 2.75) is 44.8 Å². The molecule has 0 aliphatic carbocycles. The van der Waals surface area contributed by atoms with Gasteiger partial charge in [-0.25, -0.2) is 13.6 Å². The molecule has 4 rings (SSSR count). The lowest BCUT2D eigenvalue weighted by Gasteiger charge is -2.41. The van der Waals surface area contributed by atoms with Gasteiger partial charge in [0.2, 0.25) is 0 Å². The molecular weight excluding hydrogens is 464 g/mol. The first kappa shape index (κ1) is 26.0. The van der Waals surface area contributed by atoms with E-state index in [1.165, 1.54) is 12.1 Å². The normalized spacial score (nSPS) is 21.5. The lowest BCUT2D eigenvalue weighted by Crippen LogP contribution is -2.52. The molecule has 0 aromatic heterocycles. The molecule has 36 heavy (non-hydrogen) atoms. The van der Waals surface area contributed by atoms with Crippen LogP contribution in [0.3, 0.4) is 0 Å². The highest BCUT2D eigenvalue weighted by Crippen LogP contribution is 2.33. The van der Waals surface area contributed by atoms with Crippen molar-refractivity contribution in [1.82, 2.24) is 9.80 Å². The van der Waals surface area contributed by atoms with E-state index < -0.39 is 11.6 Å². The van der Waals surface area contributed by atoms with Crippen molar-refractivity contribution in [3.8, 4) is 0 Å². The molecule has 2 N–H and O–H groups in total. The lowest BCUT2D eigenvalue weighted by atomic mass is 9.82. The van der Waals surface area contributed by atoms with Crippen molar-refractivity contribution < 1.29 is 23.8 Å². The van der Waals surface area contributed by atoms with E-state index in [2.05, 4.69) is 11.6 Å². The van der Waals surface area contributed by atoms with Crippen molar-refractivity contribution >= 4 is 17.4 Å². The molecule has 2 saturated heterocycles. The molecule has 192 valence electrons. The van der Waals surface area contributed by atoms with Gasteiger partial charge < -0.3 is 20.0 Å². The van der Waals surface area contributed by atoms with Gasteiger partial charge in [-0.05, 0) is 49.4 Å². The Balaban J connectivity index is 1.58. The summed E-state index contributed by atoms with van der Waals surface area (Å²) in [5, 5.41) is 19.2. The summed E-state index contributed by atoms with van der Waals surface area (Å²) in [6.07, 6.45) is 1.49. The monoisotopic (exact) mass is 497 g/mol. The van der Waals surface area contributed by atoms with Crippen LogP contribution in [0.4, 0.5) is 13.6 Å². The molecule has 2 aliphatic heterocycles. The zero-order chi connectivity index (χ0) is 25.8. The number of urea groups is 1. The summed E-state index contributed by atoms with van der Waals surface area (Å²) in [4.78, 5) is 21.6. The van der Waals surface area contributed by atoms with Gasteiger partial charge in [0.15, 0.2) is 11.6 Å². The first-order chi connectivity index (χ1) is 17.3. The van der Waals surface area contributed by atoms with Crippen LogP contribution in [0.5, 0.6) is 0 Å². The number of likely N-dealkylation sites (tertiary alicyclic amines) is 2. The van der Waals surface area contributed by atoms with Crippen LogP contribution in [0.1, 0.15) is 48.8 Å². The van der Waals surface area contributed by atoms with Gasteiger partial charge >= 0.3 is 6.03 Å². The molecule has 2 unspecified atom stereocenters. The first-order valence-electron chi connectivity index (χ1n) is 12.4. The third-order valence-electron chi connectivity index (χ3n) is 7.25. The van der Waals surface area contributed by atoms with Crippen LogP contribution in [0.2, 0.25) is 0 Å². The predicted octanol–water partition coefficient (Wildman–Crippen LogP) is 4.57. The molecule has 6 nitrogen and oxygen atoms in total. The van der Waals surface area contributed by atoms with Gasteiger partial charge in [0.1, 0.15) is 0 Å². The molecule has 2 fully saturated rings. The Labute approximate surface area is 210 Å². The van der Waals surface area contributed by atoms with Gasteiger partial charge in [-0.3, -0.25) is 4.99 Å². The maximum absolute atomic E-state index is 14.3. The minimum Gasteiger partial charge on any atom is -0.393 e. The fourth-order valence-electron chi connectivity index (χ4n) is 5.04. The fourth-order valence-corrected chi connectivity index (χ4v) is 5.04. The van der Waals surface area contributed by atoms with Crippen molar-refractivity contribution in [2.24, 2.45) is 10.9 Å². The molecule has 0 bridgehead atoms. The van der Waals surface area contributed by atoms with E-state index in [4.69, 9.17) is 0 Å². The number of halogens is 2. The Bertz CT molecular complexity index is 1130. The second-order valence-corrected chi connectivity index (χ2v) is 9.74. The van der Waals surface area contributed by atoms with Crippen LogP contribution in [0.15, 0.2) is 54.0 Å². The summed E-state index contributed by atoms with van der Waals surface area (Å²) in [6, 6.07) is 11.6. The minimum absolute atomic E-state index is 0.0149. The van der Waals surface area contributed by atoms with E-state index in [-0.39, 0.29) is 41.8 Å². The summed E-state index contributed by atoms with van der Waals surface area (Å²) in [5.41, 5.74) is 2.73. The second kappa shape index (κ2) is 11.3. The van der Waals surface area contributed by atoms with Crippen LogP contribution in [-0.2, 0) is 6.61 Å². The van der Waals surface area contributed by atoms with E-state index in [9.17, 15) is 23.8 Å². The number of benzene rings is 2. The zero-order valence-electron chi connectivity index (χ0n) is 20.5. The first-order valence-corrected chi connectivity index (χ1v) is 12.4. The highest BCUT2D eigenvalue weighted by Gasteiger charge is 2.35. The summed E-state index contributed by atoms with van der Waals surface area (Å²) in [6.45, 7) is 7.69. The summed E-state index contributed by atoms with van der Waals surface area (Å²) in [5.74, 6) is -1.99. The Kier molecular flexibility index (Phi) is 8.16. The Morgan fingerprint density at radius 1 is 1.08 bits per heavy atom. The number of aliphatic hydroxyl groups is 2. The van der Waals surface area contributed by atoms with E-state index in [1.54, 1.807) is 4.90 Å². The number of hydrogen-bond acceptors (Lipinski definition) is 4. The number of rotatable bonds is 5. The number of carbonyl (C=O) groups excluding carboxylic acids is 1. The Morgan fingerprint density at radius 3 is 2.44 bits per heavy atom. The van der Waals surface area contributed by atoms with E-state index in [0.29, 0.717) is 44.7 Å². The average molecular weight is 498 g/mol. The van der Waals surface area contributed by atoms with Crippen molar-refractivity contribution in [1.29, 1.82) is 0 Å². The topological polar surface area (TPSA) is 76.4 Å². The standard InChI is InChI=1S/C28H33F2N3O3/c1-18(31-19(2)25-4-3-5-26(29)27(25)30)22-14-23(21-8-6-20(17-34)7-9-21)16-33(15-22)28(36)32-12-10-24(35)11-13-32/h3-9,22-24,34-35H,2,10-17H2,1H3. The maximum atomic E-state index is 14.3. The third kappa shape index (κ3) is 5.82. The van der Waals surface area contributed by atoms with Gasteiger partial charge in [0.05, 0.1) is 18.4 Å². The smallest absolute Gasteiger partial charge is 0.320 e. The van der Waals surface area contributed by atoms with Gasteiger partial charge in [-0.2, -0.15) is 0 Å². The Morgan fingerprint density at radius 2 is 1.78 bits per heavy atom. The predicted molar refractivity (Wildman–Crippen MR) is 135 cm³/mol. The number of aliphatic imine (C=N–C) groups is 1. The second-order valence-electron chi connectivity index (χ2n) is 9.74. The lowest BCUT2D eigenvalue weighted by molar-refractivity contribution is 0.0752. The van der Waals surface area contributed by atoms with E-state index in [0.717, 1.165) is 23.6 Å². The molecule has 2 atom stereocenters. The number of nitrogens with zero attached hydrogens (tertiary/aromatic N) is 3. The minimum atomic E-state index is -0.978. The Hall–Kier alpha value is -3.10. The molecule has 2 heterocycles. The molecule has 2 aromatic rings. The van der Waals surface area contributed by atoms with Gasteiger partial charge in [-0.15, -0.1) is 0 Å². The average Bonchev–Trinajstić information content (AvgIpc) is 2.90. The van der Waals surface area contributed by atoms with Crippen molar-refractivity contribution in [2.75, 3.05) is 26.2 Å². The van der Waals surface area contributed by atoms with Gasteiger partial charge in [-0.1, -0.05) is 36.9 Å². The molecule has 8 heteroatoms. The molecule has 2 aliphatic rings. The highest BCUT2D eigenvalue weighted by molar-refractivity contribution is 5.90. The van der Waals surface area contributed by atoms with Crippen LogP contribution < -0.4 is 0 Å². The summed E-state index contributed by atoms with van der Waals surface area (Å²) in [7, 11) is 0. The van der Waals surface area contributed by atoms with Crippen molar-refractivity contribution in [3.05, 3.63) is 77.4 Å². The summed E-state index contributed by atoms with van der Waals surface area (Å²) >= 11 is 0. The molecule has 0 spiro atoms. The van der Waals surface area contributed by atoms with Crippen molar-refractivity contribution in [3.63, 3.8) is 0 Å². The highest BCUT2D eigenvalue weighted by atomic mass is 19.2. The number of carbonyl (C=O) groups is 1. The van der Waals surface area contributed by atoms with E-state index >= 15 is 0 Å². The van der Waals surface area contributed by atoms with Crippen LogP contribution in [0, 0.1) is 17.6 Å². The fraction of sp³-hybridized carbons (Fsp3) is 0.429. The SMILES string of the molecule is C=C(N=C(C)C1CC(c2ccc(CO)cc2)CN(C(=O)N2CCC(O)CC2)C1)c1cccc(F)c1F. The van der Waals surface area contributed by atoms with Crippen LogP contribution in [0.25, 0.3) is 5.70 Å². The van der Waals surface area contributed by atoms with Gasteiger partial charge in [0, 0.05) is 49.3 Å². The molecule has 2 aromatic carbocycles. The quantitative estimate of drug-likeness (QED) is 0.594. The third-order valence-corrected chi connectivity index (χ3v) is 7.25.